The van der Waals surface area contributed by atoms with Crippen molar-refractivity contribution >= 4 is 23.6 Å². The Morgan fingerprint density at radius 1 is 1.50 bits per heavy atom. The molecule has 0 aliphatic carbocycles. The molecule has 0 heterocycles. The molecular weight excluding hydrogens is 238 g/mol. The monoisotopic (exact) mass is 251 g/mol. The number of carbonyl (C=O) groups excluding carboxylic acids is 2. The second-order valence-electron chi connectivity index (χ2n) is 3.50. The molecule has 0 atom stereocenters. The Kier molecular flexibility index (Phi) is 4.79. The summed E-state index contributed by atoms with van der Waals surface area (Å²) in [7, 11) is 1.52. The number of nitrogens with one attached hydrogen (secondary N) is 2. The normalized spacial score (nSPS) is 9.61. The van der Waals surface area contributed by atoms with Crippen LogP contribution in [0.5, 0.6) is 0 Å². The molecule has 96 valence electrons. The molecule has 0 saturated carbocycles. The van der Waals surface area contributed by atoms with E-state index in [1.54, 1.807) is 0 Å². The van der Waals surface area contributed by atoms with E-state index in [-0.39, 0.29) is 35.8 Å². The third-order valence-electron chi connectivity index (χ3n) is 2.30. The highest BCUT2D eigenvalue weighted by Gasteiger charge is 2.14. The van der Waals surface area contributed by atoms with Gasteiger partial charge in [0.25, 0.3) is 5.69 Å². The molecule has 0 aliphatic heterocycles. The average molecular weight is 251 g/mol. The largest absolute Gasteiger partial charge is 0.379 e. The Bertz CT molecular complexity index is 473. The first-order valence-electron chi connectivity index (χ1n) is 5.26. The molecule has 7 nitrogen and oxygen atoms in total. The van der Waals surface area contributed by atoms with Crippen LogP contribution >= 0.6 is 0 Å². The Morgan fingerprint density at radius 2 is 2.22 bits per heavy atom. The molecule has 2 N–H and O–H groups in total. The molecule has 1 amide bonds. The molecule has 0 bridgehead atoms. The van der Waals surface area contributed by atoms with Gasteiger partial charge >= 0.3 is 0 Å². The number of nitro groups is 1. The molecule has 0 saturated heterocycles. The summed E-state index contributed by atoms with van der Waals surface area (Å²) in [6, 6.07) is 4.11. The van der Waals surface area contributed by atoms with Gasteiger partial charge in [-0.05, 0) is 12.1 Å². The van der Waals surface area contributed by atoms with E-state index in [4.69, 9.17) is 0 Å². The van der Waals surface area contributed by atoms with Crippen molar-refractivity contribution in [1.82, 2.24) is 5.32 Å². The van der Waals surface area contributed by atoms with Crippen LogP contribution in [0, 0.1) is 10.1 Å². The van der Waals surface area contributed by atoms with E-state index in [1.165, 1.54) is 25.2 Å². The predicted octanol–water partition coefficient (Wildman–Crippen LogP) is 0.955. The number of hydrogen-bond acceptors (Lipinski definition) is 5. The summed E-state index contributed by atoms with van der Waals surface area (Å²) < 4.78 is 0. The summed E-state index contributed by atoms with van der Waals surface area (Å²) in [5.74, 6) is -0.158. The van der Waals surface area contributed by atoms with Gasteiger partial charge < -0.3 is 10.6 Å². The molecule has 0 radical (unpaired) electrons. The first-order chi connectivity index (χ1) is 8.58. The van der Waals surface area contributed by atoms with E-state index < -0.39 is 4.92 Å². The molecule has 1 rings (SSSR count). The molecule has 7 heteroatoms. The van der Waals surface area contributed by atoms with Gasteiger partial charge in [0.05, 0.1) is 4.92 Å². The van der Waals surface area contributed by atoms with Gasteiger partial charge in [-0.1, -0.05) is 0 Å². The fourth-order valence-corrected chi connectivity index (χ4v) is 1.36. The van der Waals surface area contributed by atoms with Gasteiger partial charge in [-0.15, -0.1) is 0 Å². The lowest BCUT2D eigenvalue weighted by atomic mass is 10.2. The third-order valence-corrected chi connectivity index (χ3v) is 2.30. The molecule has 0 unspecified atom stereocenters. The van der Waals surface area contributed by atoms with Crippen LogP contribution in [0.25, 0.3) is 0 Å². The van der Waals surface area contributed by atoms with Crippen molar-refractivity contribution in [1.29, 1.82) is 0 Å². The zero-order valence-corrected chi connectivity index (χ0v) is 9.80. The first kappa shape index (κ1) is 13.6. The van der Waals surface area contributed by atoms with Crippen LogP contribution < -0.4 is 10.6 Å². The number of carbonyl (C=O) groups is 2. The van der Waals surface area contributed by atoms with Crippen molar-refractivity contribution in [2.24, 2.45) is 0 Å². The summed E-state index contributed by atoms with van der Waals surface area (Å²) in [6.45, 7) is 0.279. The zero-order valence-electron chi connectivity index (χ0n) is 9.80. The molecular formula is C11H13N3O4. The SMILES string of the molecule is CNC(=O)CCNc1ccc(C=O)cc1[N+](=O)[O-]. The average Bonchev–Trinajstić information content (AvgIpc) is 2.38. The maximum Gasteiger partial charge on any atom is 0.293 e. The Balaban J connectivity index is 2.78. The van der Waals surface area contributed by atoms with Gasteiger partial charge in [0, 0.05) is 31.6 Å². The third kappa shape index (κ3) is 3.55. The number of nitro benzene ring substituents is 1. The summed E-state index contributed by atoms with van der Waals surface area (Å²) >= 11 is 0. The number of nitrogens with zero attached hydrogens (tertiary/aromatic N) is 1. The summed E-state index contributed by atoms with van der Waals surface area (Å²) in [5.41, 5.74) is 0.338. The minimum absolute atomic E-state index is 0.158. The van der Waals surface area contributed by atoms with E-state index in [9.17, 15) is 19.7 Å². The van der Waals surface area contributed by atoms with E-state index in [1.807, 2.05) is 0 Å². The van der Waals surface area contributed by atoms with E-state index in [2.05, 4.69) is 10.6 Å². The molecule has 1 aromatic carbocycles. The highest BCUT2D eigenvalue weighted by Crippen LogP contribution is 2.24. The lowest BCUT2D eigenvalue weighted by Crippen LogP contribution is -2.21. The van der Waals surface area contributed by atoms with E-state index >= 15 is 0 Å². The van der Waals surface area contributed by atoms with Crippen molar-refractivity contribution < 1.29 is 14.5 Å². The smallest absolute Gasteiger partial charge is 0.293 e. The Hall–Kier alpha value is -2.44. The van der Waals surface area contributed by atoms with Crippen molar-refractivity contribution in [3.63, 3.8) is 0 Å². The molecule has 0 aromatic heterocycles. The first-order valence-corrected chi connectivity index (χ1v) is 5.26. The summed E-state index contributed by atoms with van der Waals surface area (Å²) in [4.78, 5) is 31.8. The quantitative estimate of drug-likeness (QED) is 0.445. The van der Waals surface area contributed by atoms with Crippen LogP contribution in [-0.2, 0) is 4.79 Å². The van der Waals surface area contributed by atoms with Crippen LogP contribution in [0.15, 0.2) is 18.2 Å². The Labute approximate surface area is 103 Å². The van der Waals surface area contributed by atoms with Crippen LogP contribution in [0.2, 0.25) is 0 Å². The standard InChI is InChI=1S/C11H13N3O4/c1-12-11(16)4-5-13-9-3-2-8(7-15)6-10(9)14(17)18/h2-3,6-7,13H,4-5H2,1H3,(H,12,16). The number of aldehydes is 1. The van der Waals surface area contributed by atoms with Gasteiger partial charge in [-0.2, -0.15) is 0 Å². The van der Waals surface area contributed by atoms with Crippen molar-refractivity contribution in [2.45, 2.75) is 6.42 Å². The highest BCUT2D eigenvalue weighted by atomic mass is 16.6. The zero-order chi connectivity index (χ0) is 13.5. The van der Waals surface area contributed by atoms with Gasteiger partial charge in [-0.3, -0.25) is 19.7 Å². The maximum absolute atomic E-state index is 11.0. The number of amides is 1. The highest BCUT2D eigenvalue weighted by molar-refractivity contribution is 5.80. The second-order valence-corrected chi connectivity index (χ2v) is 3.50. The van der Waals surface area contributed by atoms with Crippen molar-refractivity contribution in [3.05, 3.63) is 33.9 Å². The summed E-state index contributed by atoms with van der Waals surface area (Å²) in [5, 5.41) is 16.1. The van der Waals surface area contributed by atoms with E-state index in [0.29, 0.717) is 6.29 Å². The number of hydrogen-bond donors (Lipinski definition) is 2. The molecule has 1 aromatic rings. The second kappa shape index (κ2) is 6.33. The van der Waals surface area contributed by atoms with Crippen molar-refractivity contribution in [2.75, 3.05) is 18.9 Å². The number of benzene rings is 1. The molecule has 0 aliphatic rings. The lowest BCUT2D eigenvalue weighted by molar-refractivity contribution is -0.384. The fourth-order valence-electron chi connectivity index (χ4n) is 1.36. The van der Waals surface area contributed by atoms with Gasteiger partial charge in [-0.25, -0.2) is 0 Å². The van der Waals surface area contributed by atoms with Gasteiger partial charge in [0.15, 0.2) is 0 Å². The minimum atomic E-state index is -0.574. The summed E-state index contributed by atoms with van der Waals surface area (Å²) in [6.07, 6.45) is 0.754. The number of rotatable bonds is 6. The van der Waals surface area contributed by atoms with Crippen LogP contribution in [0.4, 0.5) is 11.4 Å². The fraction of sp³-hybridized carbons (Fsp3) is 0.273. The minimum Gasteiger partial charge on any atom is -0.379 e. The predicted molar refractivity (Wildman–Crippen MR) is 65.7 cm³/mol. The van der Waals surface area contributed by atoms with Crippen LogP contribution in [-0.4, -0.2) is 30.7 Å². The molecule has 0 fully saturated rings. The van der Waals surface area contributed by atoms with E-state index in [0.717, 1.165) is 0 Å². The lowest BCUT2D eigenvalue weighted by Gasteiger charge is -2.06. The molecule has 0 spiro atoms. The van der Waals surface area contributed by atoms with Crippen LogP contribution in [0.3, 0.4) is 0 Å². The number of anilines is 1. The topological polar surface area (TPSA) is 101 Å². The van der Waals surface area contributed by atoms with Gasteiger partial charge in [0.2, 0.25) is 5.91 Å². The van der Waals surface area contributed by atoms with Crippen molar-refractivity contribution in [3.8, 4) is 0 Å². The van der Waals surface area contributed by atoms with Crippen LogP contribution in [0.1, 0.15) is 16.8 Å². The maximum atomic E-state index is 11.0. The molecule has 18 heavy (non-hydrogen) atoms. The Morgan fingerprint density at radius 3 is 2.78 bits per heavy atom. The van der Waals surface area contributed by atoms with Gasteiger partial charge in [0.1, 0.15) is 12.0 Å².